The number of carbonyl (C=O) groups is 1. The fourth-order valence-corrected chi connectivity index (χ4v) is 4.46. The van der Waals surface area contributed by atoms with Crippen LogP contribution in [0.15, 0.2) is 60.7 Å². The minimum Gasteiger partial charge on any atom is -0.465 e. The standard InChI is InChI=1S/C33H36O2/c1-5-10-25(2)15-16-26(3)17-20-31-23-27-11-6-7-12-28-19-22-30(32(24-28)33(34)35-4)14-9-8-13-29(31)21-18-27/h18-19,21-24H,2-3,6-9,11-16H2,1,4H3. The Morgan fingerprint density at radius 1 is 0.829 bits per heavy atom. The van der Waals surface area contributed by atoms with Crippen LogP contribution in [0.2, 0.25) is 0 Å². The van der Waals surface area contributed by atoms with Gasteiger partial charge in [-0.1, -0.05) is 55.2 Å². The van der Waals surface area contributed by atoms with Crippen molar-refractivity contribution >= 4 is 5.97 Å². The monoisotopic (exact) mass is 464 g/mol. The number of ether oxygens (including phenoxy) is 1. The number of methoxy groups -OCH3 is 1. The summed E-state index contributed by atoms with van der Waals surface area (Å²) in [7, 11) is 1.46. The Kier molecular flexibility index (Phi) is 10.0. The Hall–Kier alpha value is -3.49. The SMILES string of the molecule is C=C(C#CC)CCC(=C)C#Cc1cc2ccc1CCCCc1ccc(cc1C(=O)OC)CCCC2. The number of hydrogen-bond donors (Lipinski definition) is 0. The zero-order valence-corrected chi connectivity index (χ0v) is 21.3. The van der Waals surface area contributed by atoms with Crippen LogP contribution in [0.4, 0.5) is 0 Å². The summed E-state index contributed by atoms with van der Waals surface area (Å²) in [4.78, 5) is 12.4. The van der Waals surface area contributed by atoms with Gasteiger partial charge in [-0.3, -0.25) is 0 Å². The van der Waals surface area contributed by atoms with E-state index in [1.807, 2.05) is 13.0 Å². The van der Waals surface area contributed by atoms with E-state index >= 15 is 0 Å². The van der Waals surface area contributed by atoms with Crippen LogP contribution in [-0.2, 0) is 30.4 Å². The highest BCUT2D eigenvalue weighted by Gasteiger charge is 2.13. The van der Waals surface area contributed by atoms with Crippen molar-refractivity contribution in [3.63, 3.8) is 0 Å². The van der Waals surface area contributed by atoms with Gasteiger partial charge in [0.25, 0.3) is 0 Å². The third kappa shape index (κ3) is 8.05. The Bertz CT molecular complexity index is 1210. The Labute approximate surface area is 211 Å². The van der Waals surface area contributed by atoms with Crippen molar-refractivity contribution in [1.82, 2.24) is 0 Å². The van der Waals surface area contributed by atoms with Crippen LogP contribution in [-0.4, -0.2) is 13.1 Å². The van der Waals surface area contributed by atoms with Gasteiger partial charge in [0.05, 0.1) is 12.7 Å². The predicted octanol–water partition coefficient (Wildman–Crippen LogP) is 7.18. The van der Waals surface area contributed by atoms with Gasteiger partial charge in [-0.2, -0.15) is 0 Å². The lowest BCUT2D eigenvalue weighted by Crippen LogP contribution is -2.07. The van der Waals surface area contributed by atoms with Crippen LogP contribution in [0.25, 0.3) is 0 Å². The quantitative estimate of drug-likeness (QED) is 0.354. The molecule has 0 saturated carbocycles. The summed E-state index contributed by atoms with van der Waals surface area (Å²) in [6.07, 6.45) is 9.61. The van der Waals surface area contributed by atoms with Gasteiger partial charge in [0.15, 0.2) is 0 Å². The van der Waals surface area contributed by atoms with Gasteiger partial charge in [0.2, 0.25) is 0 Å². The number of hydrogen-bond acceptors (Lipinski definition) is 2. The zero-order valence-electron chi connectivity index (χ0n) is 21.3. The van der Waals surface area contributed by atoms with Crippen LogP contribution in [0.1, 0.15) is 83.6 Å². The highest BCUT2D eigenvalue weighted by atomic mass is 16.5. The number of rotatable bonds is 4. The molecule has 2 aromatic rings. The Morgan fingerprint density at radius 3 is 2.06 bits per heavy atom. The van der Waals surface area contributed by atoms with E-state index in [9.17, 15) is 4.79 Å². The van der Waals surface area contributed by atoms with E-state index in [0.29, 0.717) is 0 Å². The van der Waals surface area contributed by atoms with Crippen molar-refractivity contribution in [2.75, 3.05) is 7.11 Å². The van der Waals surface area contributed by atoms with Crippen molar-refractivity contribution in [3.8, 4) is 23.7 Å². The molecular formula is C33H36O2. The molecule has 0 saturated heterocycles. The highest BCUT2D eigenvalue weighted by Crippen LogP contribution is 2.21. The topological polar surface area (TPSA) is 26.3 Å². The molecule has 0 N–H and O–H groups in total. The molecule has 0 amide bonds. The number of aryl methyl sites for hydroxylation is 4. The van der Waals surface area contributed by atoms with Crippen LogP contribution in [0.5, 0.6) is 0 Å². The molecule has 4 aliphatic carbocycles. The highest BCUT2D eigenvalue weighted by molar-refractivity contribution is 5.91. The van der Waals surface area contributed by atoms with Crippen LogP contribution in [0, 0.1) is 23.7 Å². The molecule has 0 radical (unpaired) electrons. The van der Waals surface area contributed by atoms with E-state index in [2.05, 4.69) is 67.2 Å². The molecule has 2 heteroatoms. The minimum atomic E-state index is -0.235. The molecule has 0 atom stereocenters. The fourth-order valence-electron chi connectivity index (χ4n) is 4.46. The molecule has 0 fully saturated rings. The van der Waals surface area contributed by atoms with Crippen molar-refractivity contribution < 1.29 is 9.53 Å². The molecular weight excluding hydrogens is 428 g/mol. The largest absolute Gasteiger partial charge is 0.465 e. The first-order chi connectivity index (χ1) is 17.0. The van der Waals surface area contributed by atoms with Gasteiger partial charge in [-0.05, 0) is 117 Å². The lowest BCUT2D eigenvalue weighted by Gasteiger charge is -2.13. The van der Waals surface area contributed by atoms with E-state index in [1.165, 1.54) is 23.8 Å². The molecule has 0 unspecified atom stereocenters. The zero-order chi connectivity index (χ0) is 25.0. The molecule has 4 aliphatic rings. The van der Waals surface area contributed by atoms with Crippen molar-refractivity contribution in [2.45, 2.75) is 71.1 Å². The first-order valence-electron chi connectivity index (χ1n) is 12.6. The van der Waals surface area contributed by atoms with E-state index in [-0.39, 0.29) is 5.97 Å². The summed E-state index contributed by atoms with van der Waals surface area (Å²) < 4.78 is 5.06. The minimum absolute atomic E-state index is 0.235. The lowest BCUT2D eigenvalue weighted by atomic mass is 9.93. The van der Waals surface area contributed by atoms with Crippen molar-refractivity contribution in [2.24, 2.45) is 0 Å². The van der Waals surface area contributed by atoms with Gasteiger partial charge in [-0.15, -0.1) is 5.92 Å². The van der Waals surface area contributed by atoms with Gasteiger partial charge in [-0.25, -0.2) is 4.79 Å². The number of benzene rings is 2. The second-order valence-electron chi connectivity index (χ2n) is 9.22. The molecule has 0 spiro atoms. The number of allylic oxidation sites excluding steroid dienone is 2. The fraction of sp³-hybridized carbons (Fsp3) is 0.364. The van der Waals surface area contributed by atoms with E-state index < -0.39 is 0 Å². The molecule has 180 valence electrons. The summed E-state index contributed by atoms with van der Waals surface area (Å²) in [6.45, 7) is 9.97. The maximum absolute atomic E-state index is 12.4. The van der Waals surface area contributed by atoms with Gasteiger partial charge >= 0.3 is 5.97 Å². The van der Waals surface area contributed by atoms with Gasteiger partial charge < -0.3 is 4.74 Å². The summed E-state index contributed by atoms with van der Waals surface area (Å²) in [6, 6.07) is 13.1. The third-order valence-corrected chi connectivity index (χ3v) is 6.48. The van der Waals surface area contributed by atoms with Crippen LogP contribution in [0.3, 0.4) is 0 Å². The summed E-state index contributed by atoms with van der Waals surface area (Å²) in [5.74, 6) is 12.4. The van der Waals surface area contributed by atoms with Gasteiger partial charge in [0, 0.05) is 5.56 Å². The molecule has 35 heavy (non-hydrogen) atoms. The predicted molar refractivity (Wildman–Crippen MR) is 145 cm³/mol. The number of esters is 1. The van der Waals surface area contributed by atoms with E-state index in [0.717, 1.165) is 92.0 Å². The molecule has 0 aliphatic heterocycles. The van der Waals surface area contributed by atoms with Gasteiger partial charge in [0.1, 0.15) is 0 Å². The summed E-state index contributed by atoms with van der Waals surface area (Å²) in [5.41, 5.74) is 8.57. The molecule has 0 aromatic heterocycles. The van der Waals surface area contributed by atoms with E-state index in [1.54, 1.807) is 0 Å². The molecule has 0 heterocycles. The second kappa shape index (κ2) is 13.4. The van der Waals surface area contributed by atoms with Crippen LogP contribution < -0.4 is 0 Å². The maximum atomic E-state index is 12.4. The average molecular weight is 465 g/mol. The first-order valence-corrected chi connectivity index (χ1v) is 12.6. The lowest BCUT2D eigenvalue weighted by molar-refractivity contribution is 0.0599. The smallest absolute Gasteiger partial charge is 0.338 e. The van der Waals surface area contributed by atoms with Crippen LogP contribution >= 0.6 is 0 Å². The molecule has 4 bridgehead atoms. The molecule has 2 nitrogen and oxygen atoms in total. The Balaban J connectivity index is 1.77. The van der Waals surface area contributed by atoms with Crippen molar-refractivity contribution in [1.29, 1.82) is 0 Å². The normalized spacial score (nSPS) is 13.2. The van der Waals surface area contributed by atoms with Crippen molar-refractivity contribution in [3.05, 3.63) is 94.1 Å². The summed E-state index contributed by atoms with van der Waals surface area (Å²) >= 11 is 0. The maximum Gasteiger partial charge on any atom is 0.338 e. The molecule has 6 rings (SSSR count). The molecule has 2 aromatic carbocycles. The number of carbonyl (C=O) groups excluding carboxylic acids is 1. The average Bonchev–Trinajstić information content (AvgIpc) is 2.86. The third-order valence-electron chi connectivity index (χ3n) is 6.48. The summed E-state index contributed by atoms with van der Waals surface area (Å²) in [5, 5.41) is 0. The second-order valence-corrected chi connectivity index (χ2v) is 9.22. The first kappa shape index (κ1) is 26.1. The Morgan fingerprint density at radius 2 is 1.40 bits per heavy atom. The van der Waals surface area contributed by atoms with E-state index in [4.69, 9.17) is 4.74 Å².